The van der Waals surface area contributed by atoms with Crippen LogP contribution in [-0.4, -0.2) is 29.8 Å². The highest BCUT2D eigenvalue weighted by Crippen LogP contribution is 2.12. The van der Waals surface area contributed by atoms with E-state index in [2.05, 4.69) is 15.5 Å². The Hall–Kier alpha value is -3.15. The number of benzene rings is 2. The lowest BCUT2D eigenvalue weighted by atomic mass is 10.1. The number of hydrogen-bond donors (Lipinski definition) is 1. The standard InChI is InChI=1S/C19H19N3O3/c1-24-16-9-5-8-15(12-16)10-11-20-18(23)19-22-21-17(25-19)13-14-6-3-2-4-7-14/h2-9,12H,10-11,13H2,1H3,(H,20,23). The van der Waals surface area contributed by atoms with Gasteiger partial charge in [-0.1, -0.05) is 42.5 Å². The number of nitrogens with one attached hydrogen (secondary N) is 1. The highest BCUT2D eigenvalue weighted by atomic mass is 16.5. The maximum atomic E-state index is 12.1. The molecule has 0 bridgehead atoms. The van der Waals surface area contributed by atoms with E-state index < -0.39 is 0 Å². The molecule has 1 N–H and O–H groups in total. The molecular weight excluding hydrogens is 318 g/mol. The predicted molar refractivity (Wildman–Crippen MR) is 92.6 cm³/mol. The van der Waals surface area contributed by atoms with Crippen molar-refractivity contribution in [1.29, 1.82) is 0 Å². The zero-order chi connectivity index (χ0) is 17.5. The van der Waals surface area contributed by atoms with Gasteiger partial charge in [-0.05, 0) is 29.7 Å². The summed E-state index contributed by atoms with van der Waals surface area (Å²) in [5.74, 6) is 0.835. The van der Waals surface area contributed by atoms with Crippen LogP contribution in [0, 0.1) is 0 Å². The van der Waals surface area contributed by atoms with Crippen molar-refractivity contribution >= 4 is 5.91 Å². The van der Waals surface area contributed by atoms with Crippen LogP contribution in [0.1, 0.15) is 27.7 Å². The van der Waals surface area contributed by atoms with E-state index >= 15 is 0 Å². The van der Waals surface area contributed by atoms with Crippen LogP contribution in [0.3, 0.4) is 0 Å². The maximum absolute atomic E-state index is 12.1. The number of rotatable bonds is 7. The number of aromatic nitrogens is 2. The summed E-state index contributed by atoms with van der Waals surface area (Å²) in [6.07, 6.45) is 1.19. The van der Waals surface area contributed by atoms with E-state index in [0.29, 0.717) is 25.3 Å². The summed E-state index contributed by atoms with van der Waals surface area (Å²) in [6.45, 7) is 0.475. The second kappa shape index (κ2) is 8.10. The third-order valence-electron chi connectivity index (χ3n) is 3.69. The summed E-state index contributed by atoms with van der Waals surface area (Å²) in [6, 6.07) is 17.5. The van der Waals surface area contributed by atoms with Gasteiger partial charge in [0.25, 0.3) is 0 Å². The van der Waals surface area contributed by atoms with E-state index in [-0.39, 0.29) is 11.8 Å². The molecule has 0 fully saturated rings. The predicted octanol–water partition coefficient (Wildman–Crippen LogP) is 2.64. The Kier molecular flexibility index (Phi) is 5.41. The molecule has 0 aliphatic heterocycles. The van der Waals surface area contributed by atoms with E-state index in [0.717, 1.165) is 16.9 Å². The molecule has 0 radical (unpaired) electrons. The maximum Gasteiger partial charge on any atom is 0.308 e. The Bertz CT molecular complexity index is 831. The zero-order valence-electron chi connectivity index (χ0n) is 13.9. The first-order valence-corrected chi connectivity index (χ1v) is 8.02. The summed E-state index contributed by atoms with van der Waals surface area (Å²) < 4.78 is 10.6. The molecule has 128 valence electrons. The van der Waals surface area contributed by atoms with Crippen molar-refractivity contribution in [3.05, 3.63) is 77.5 Å². The Morgan fingerprint density at radius 1 is 1.08 bits per heavy atom. The van der Waals surface area contributed by atoms with E-state index in [1.807, 2.05) is 54.6 Å². The lowest BCUT2D eigenvalue weighted by Crippen LogP contribution is -2.26. The fourth-order valence-electron chi connectivity index (χ4n) is 2.41. The van der Waals surface area contributed by atoms with Gasteiger partial charge in [-0.2, -0.15) is 0 Å². The lowest BCUT2D eigenvalue weighted by molar-refractivity contribution is 0.0918. The number of nitrogens with zero attached hydrogens (tertiary/aromatic N) is 2. The lowest BCUT2D eigenvalue weighted by Gasteiger charge is -2.05. The topological polar surface area (TPSA) is 77.2 Å². The van der Waals surface area contributed by atoms with Crippen LogP contribution in [-0.2, 0) is 12.8 Å². The first-order chi connectivity index (χ1) is 12.2. The first kappa shape index (κ1) is 16.7. The van der Waals surface area contributed by atoms with Crippen LogP contribution in [0.15, 0.2) is 59.0 Å². The Morgan fingerprint density at radius 2 is 1.88 bits per heavy atom. The minimum atomic E-state index is -0.366. The van der Waals surface area contributed by atoms with Gasteiger partial charge >= 0.3 is 11.8 Å². The molecule has 0 unspecified atom stereocenters. The van der Waals surface area contributed by atoms with Crippen molar-refractivity contribution in [3.63, 3.8) is 0 Å². The molecule has 0 atom stereocenters. The van der Waals surface area contributed by atoms with E-state index in [9.17, 15) is 4.79 Å². The minimum absolute atomic E-state index is 0.0171. The second-order valence-electron chi connectivity index (χ2n) is 5.52. The Balaban J connectivity index is 1.51. The number of methoxy groups -OCH3 is 1. The van der Waals surface area contributed by atoms with Crippen LogP contribution in [0.5, 0.6) is 5.75 Å². The summed E-state index contributed by atoms with van der Waals surface area (Å²) in [4.78, 5) is 12.1. The molecule has 2 aromatic carbocycles. The van der Waals surface area contributed by atoms with E-state index in [4.69, 9.17) is 9.15 Å². The van der Waals surface area contributed by atoms with Crippen LogP contribution in [0.2, 0.25) is 0 Å². The quantitative estimate of drug-likeness (QED) is 0.717. The molecular formula is C19H19N3O3. The van der Waals surface area contributed by atoms with Crippen molar-refractivity contribution in [2.75, 3.05) is 13.7 Å². The third-order valence-corrected chi connectivity index (χ3v) is 3.69. The molecule has 0 spiro atoms. The van der Waals surface area contributed by atoms with Gasteiger partial charge in [-0.3, -0.25) is 4.79 Å². The summed E-state index contributed by atoms with van der Waals surface area (Å²) in [7, 11) is 1.63. The SMILES string of the molecule is COc1cccc(CCNC(=O)c2nnc(Cc3ccccc3)o2)c1. The fraction of sp³-hybridized carbons (Fsp3) is 0.211. The molecule has 1 aromatic heterocycles. The van der Waals surface area contributed by atoms with Gasteiger partial charge in [0.05, 0.1) is 13.5 Å². The molecule has 25 heavy (non-hydrogen) atoms. The van der Waals surface area contributed by atoms with Crippen molar-refractivity contribution in [2.24, 2.45) is 0 Å². The molecule has 1 amide bonds. The van der Waals surface area contributed by atoms with Gasteiger partial charge < -0.3 is 14.5 Å². The number of carbonyl (C=O) groups excluding carboxylic acids is 1. The van der Waals surface area contributed by atoms with Gasteiger partial charge in [0.1, 0.15) is 5.75 Å². The largest absolute Gasteiger partial charge is 0.497 e. The van der Waals surface area contributed by atoms with Gasteiger partial charge in [0, 0.05) is 6.54 Å². The fourth-order valence-corrected chi connectivity index (χ4v) is 2.41. The number of amides is 1. The van der Waals surface area contributed by atoms with Gasteiger partial charge in [-0.15, -0.1) is 10.2 Å². The summed E-state index contributed by atoms with van der Waals surface area (Å²) in [5.41, 5.74) is 2.13. The molecule has 0 aliphatic rings. The number of hydrogen-bond acceptors (Lipinski definition) is 5. The molecule has 6 nitrogen and oxygen atoms in total. The molecule has 6 heteroatoms. The average Bonchev–Trinajstić information content (AvgIpc) is 3.11. The molecule has 3 aromatic rings. The highest BCUT2D eigenvalue weighted by Gasteiger charge is 2.14. The molecule has 0 aliphatic carbocycles. The molecule has 0 saturated carbocycles. The normalized spacial score (nSPS) is 10.4. The number of ether oxygens (including phenoxy) is 1. The molecule has 1 heterocycles. The van der Waals surface area contributed by atoms with Gasteiger partial charge in [0.15, 0.2) is 0 Å². The van der Waals surface area contributed by atoms with Crippen LogP contribution < -0.4 is 10.1 Å². The van der Waals surface area contributed by atoms with E-state index in [1.165, 1.54) is 0 Å². The van der Waals surface area contributed by atoms with Gasteiger partial charge in [-0.25, -0.2) is 0 Å². The minimum Gasteiger partial charge on any atom is -0.497 e. The van der Waals surface area contributed by atoms with Crippen molar-refractivity contribution in [2.45, 2.75) is 12.8 Å². The smallest absolute Gasteiger partial charge is 0.308 e. The summed E-state index contributed by atoms with van der Waals surface area (Å²) in [5, 5.41) is 10.5. The monoisotopic (exact) mass is 337 g/mol. The molecule has 0 saturated heterocycles. The average molecular weight is 337 g/mol. The number of carbonyl (C=O) groups is 1. The van der Waals surface area contributed by atoms with Crippen LogP contribution in [0.4, 0.5) is 0 Å². The molecule has 3 rings (SSSR count). The van der Waals surface area contributed by atoms with Crippen LogP contribution in [0.25, 0.3) is 0 Å². The van der Waals surface area contributed by atoms with Crippen molar-refractivity contribution in [1.82, 2.24) is 15.5 Å². The first-order valence-electron chi connectivity index (χ1n) is 8.02. The van der Waals surface area contributed by atoms with Crippen LogP contribution >= 0.6 is 0 Å². The second-order valence-corrected chi connectivity index (χ2v) is 5.52. The Morgan fingerprint density at radius 3 is 2.68 bits per heavy atom. The van der Waals surface area contributed by atoms with E-state index in [1.54, 1.807) is 7.11 Å². The van der Waals surface area contributed by atoms with Gasteiger partial charge in [0.2, 0.25) is 5.89 Å². The highest BCUT2D eigenvalue weighted by molar-refractivity contribution is 5.89. The zero-order valence-corrected chi connectivity index (χ0v) is 13.9. The van der Waals surface area contributed by atoms with Crippen molar-refractivity contribution < 1.29 is 13.9 Å². The Labute approximate surface area is 145 Å². The third kappa shape index (κ3) is 4.67. The van der Waals surface area contributed by atoms with Crippen molar-refractivity contribution in [3.8, 4) is 5.75 Å². The summed E-state index contributed by atoms with van der Waals surface area (Å²) >= 11 is 0.